The highest BCUT2D eigenvalue weighted by atomic mass is 32.1. The van der Waals surface area contributed by atoms with E-state index in [0.29, 0.717) is 23.0 Å². The van der Waals surface area contributed by atoms with E-state index >= 15 is 0 Å². The van der Waals surface area contributed by atoms with Crippen LogP contribution in [0.25, 0.3) is 21.9 Å². The molecular weight excluding hydrogens is 433 g/mol. The normalized spacial score (nSPS) is 11.6. The van der Waals surface area contributed by atoms with Gasteiger partial charge in [0, 0.05) is 46.4 Å². The third-order valence-electron chi connectivity index (χ3n) is 4.52. The van der Waals surface area contributed by atoms with E-state index in [1.165, 1.54) is 24.3 Å². The quantitative estimate of drug-likeness (QED) is 0.330. The standard InChI is InChI=1S/C21H13F3N2O4S/c1-10-6-18(27)29-16-7-11(2-4-13(10)16)25-20(31)26-12-3-5-14-15(21(22,23)24)9-19(28)30-17(14)8-12/h2-9H,1H3,(H2,25,26,31). The molecule has 0 aliphatic carbocycles. The van der Waals surface area contributed by atoms with Crippen LogP contribution in [0.15, 0.2) is 67.0 Å². The van der Waals surface area contributed by atoms with E-state index in [9.17, 15) is 22.8 Å². The minimum Gasteiger partial charge on any atom is -0.423 e. The molecule has 6 nitrogen and oxygen atoms in total. The highest BCUT2D eigenvalue weighted by Gasteiger charge is 2.33. The monoisotopic (exact) mass is 446 g/mol. The van der Waals surface area contributed by atoms with E-state index in [1.807, 2.05) is 0 Å². The number of benzene rings is 2. The van der Waals surface area contributed by atoms with Gasteiger partial charge in [0.05, 0.1) is 5.56 Å². The first-order valence-electron chi connectivity index (χ1n) is 8.88. The zero-order valence-electron chi connectivity index (χ0n) is 15.8. The predicted molar refractivity (Wildman–Crippen MR) is 115 cm³/mol. The molecule has 0 radical (unpaired) electrons. The fourth-order valence-electron chi connectivity index (χ4n) is 3.17. The van der Waals surface area contributed by atoms with Gasteiger partial charge in [-0.2, -0.15) is 13.2 Å². The maximum atomic E-state index is 13.2. The van der Waals surface area contributed by atoms with E-state index in [2.05, 4.69) is 10.6 Å². The van der Waals surface area contributed by atoms with Crippen molar-refractivity contribution in [3.05, 3.63) is 80.5 Å². The second kappa shape index (κ2) is 7.55. The van der Waals surface area contributed by atoms with Crippen LogP contribution in [0.2, 0.25) is 0 Å². The molecular formula is C21H13F3N2O4S. The zero-order valence-corrected chi connectivity index (χ0v) is 16.6. The van der Waals surface area contributed by atoms with Crippen molar-refractivity contribution in [3.8, 4) is 0 Å². The first-order valence-corrected chi connectivity index (χ1v) is 9.28. The van der Waals surface area contributed by atoms with Gasteiger partial charge in [0.1, 0.15) is 11.2 Å². The molecule has 4 rings (SSSR count). The summed E-state index contributed by atoms with van der Waals surface area (Å²) in [6.45, 7) is 1.79. The van der Waals surface area contributed by atoms with Crippen LogP contribution in [0.1, 0.15) is 11.1 Å². The van der Waals surface area contributed by atoms with Crippen molar-refractivity contribution in [2.45, 2.75) is 13.1 Å². The lowest BCUT2D eigenvalue weighted by Gasteiger charge is -2.13. The summed E-state index contributed by atoms with van der Waals surface area (Å²) in [5.41, 5.74) is -0.876. The maximum Gasteiger partial charge on any atom is 0.417 e. The van der Waals surface area contributed by atoms with E-state index in [-0.39, 0.29) is 16.1 Å². The van der Waals surface area contributed by atoms with Crippen LogP contribution < -0.4 is 21.9 Å². The van der Waals surface area contributed by atoms with Crippen molar-refractivity contribution in [2.75, 3.05) is 10.6 Å². The molecule has 0 aliphatic rings. The van der Waals surface area contributed by atoms with Gasteiger partial charge in [-0.15, -0.1) is 0 Å². The molecule has 0 aliphatic heterocycles. The largest absolute Gasteiger partial charge is 0.423 e. The lowest BCUT2D eigenvalue weighted by molar-refractivity contribution is -0.136. The number of anilines is 2. The Hall–Kier alpha value is -3.66. The molecule has 0 bridgehead atoms. The molecule has 158 valence electrons. The molecule has 2 aromatic carbocycles. The first kappa shape index (κ1) is 20.6. The average Bonchev–Trinajstić information content (AvgIpc) is 2.65. The zero-order chi connectivity index (χ0) is 22.3. The molecule has 10 heteroatoms. The van der Waals surface area contributed by atoms with Crippen LogP contribution in [0, 0.1) is 6.92 Å². The number of rotatable bonds is 2. The molecule has 2 N–H and O–H groups in total. The van der Waals surface area contributed by atoms with Crippen LogP contribution >= 0.6 is 12.2 Å². The summed E-state index contributed by atoms with van der Waals surface area (Å²) in [6, 6.07) is 10.7. The highest BCUT2D eigenvalue weighted by molar-refractivity contribution is 7.80. The molecule has 0 saturated heterocycles. The van der Waals surface area contributed by atoms with Gasteiger partial charge in [-0.25, -0.2) is 9.59 Å². The SMILES string of the molecule is Cc1cc(=O)oc2cc(NC(=S)Nc3ccc4c(C(F)(F)F)cc(=O)oc4c3)ccc12. The summed E-state index contributed by atoms with van der Waals surface area (Å²) >= 11 is 5.24. The van der Waals surface area contributed by atoms with E-state index < -0.39 is 23.0 Å². The van der Waals surface area contributed by atoms with Crippen molar-refractivity contribution in [2.24, 2.45) is 0 Å². The predicted octanol–water partition coefficient (Wildman–Crippen LogP) is 5.04. The first-order chi connectivity index (χ1) is 14.6. The van der Waals surface area contributed by atoms with Gasteiger partial charge in [-0.3, -0.25) is 0 Å². The number of hydrogen-bond acceptors (Lipinski definition) is 5. The lowest BCUT2D eigenvalue weighted by Crippen LogP contribution is -2.19. The molecule has 0 fully saturated rings. The molecule has 0 unspecified atom stereocenters. The van der Waals surface area contributed by atoms with Crippen molar-refractivity contribution < 1.29 is 22.0 Å². The smallest absolute Gasteiger partial charge is 0.417 e. The van der Waals surface area contributed by atoms with Crippen molar-refractivity contribution in [3.63, 3.8) is 0 Å². The summed E-state index contributed by atoms with van der Waals surface area (Å²) in [5.74, 6) is 0. The molecule has 0 spiro atoms. The van der Waals surface area contributed by atoms with Crippen molar-refractivity contribution in [1.29, 1.82) is 0 Å². The fourth-order valence-corrected chi connectivity index (χ4v) is 3.41. The second-order valence-electron chi connectivity index (χ2n) is 6.73. The van der Waals surface area contributed by atoms with E-state index in [1.54, 1.807) is 25.1 Å². The molecule has 0 atom stereocenters. The topological polar surface area (TPSA) is 84.5 Å². The Balaban J connectivity index is 1.59. The van der Waals surface area contributed by atoms with Crippen LogP contribution in [0.3, 0.4) is 0 Å². The van der Waals surface area contributed by atoms with Gasteiger partial charge in [0.2, 0.25) is 0 Å². The highest BCUT2D eigenvalue weighted by Crippen LogP contribution is 2.34. The Labute approximate surface area is 177 Å². The maximum absolute atomic E-state index is 13.2. The molecule has 2 heterocycles. The third kappa shape index (κ3) is 4.29. The van der Waals surface area contributed by atoms with Crippen LogP contribution in [0.5, 0.6) is 0 Å². The Bertz CT molecular complexity index is 1460. The second-order valence-corrected chi connectivity index (χ2v) is 7.13. The molecule has 31 heavy (non-hydrogen) atoms. The number of halogens is 3. The van der Waals surface area contributed by atoms with Crippen LogP contribution in [-0.4, -0.2) is 5.11 Å². The van der Waals surface area contributed by atoms with Gasteiger partial charge in [-0.1, -0.05) is 0 Å². The van der Waals surface area contributed by atoms with Gasteiger partial charge in [-0.05, 0) is 49.0 Å². The molecule has 4 aromatic rings. The number of fused-ring (bicyclic) bond motifs is 2. The Morgan fingerprint density at radius 1 is 0.839 bits per heavy atom. The molecule has 0 saturated carbocycles. The third-order valence-corrected chi connectivity index (χ3v) is 4.72. The number of alkyl halides is 3. The van der Waals surface area contributed by atoms with Gasteiger partial charge in [0.25, 0.3) is 0 Å². The minimum atomic E-state index is -4.69. The Morgan fingerprint density at radius 2 is 1.35 bits per heavy atom. The molecule has 0 amide bonds. The number of hydrogen-bond donors (Lipinski definition) is 2. The minimum absolute atomic E-state index is 0.128. The van der Waals surface area contributed by atoms with Gasteiger partial charge < -0.3 is 19.5 Å². The summed E-state index contributed by atoms with van der Waals surface area (Å²) < 4.78 is 49.6. The Kier molecular flexibility index (Phi) is 5.02. The number of nitrogens with one attached hydrogen (secondary N) is 2. The van der Waals surface area contributed by atoms with Crippen LogP contribution in [0.4, 0.5) is 24.5 Å². The molecule has 2 aromatic heterocycles. The summed E-state index contributed by atoms with van der Waals surface area (Å²) in [4.78, 5) is 23.1. The summed E-state index contributed by atoms with van der Waals surface area (Å²) in [7, 11) is 0. The number of aryl methyl sites for hydroxylation is 1. The number of thiocarbonyl (C=S) groups is 1. The average molecular weight is 446 g/mol. The van der Waals surface area contributed by atoms with E-state index in [0.717, 1.165) is 10.9 Å². The summed E-state index contributed by atoms with van der Waals surface area (Å²) in [6.07, 6.45) is -4.69. The Morgan fingerprint density at radius 3 is 1.94 bits per heavy atom. The van der Waals surface area contributed by atoms with Crippen molar-refractivity contribution >= 4 is 50.6 Å². The van der Waals surface area contributed by atoms with Crippen LogP contribution in [-0.2, 0) is 6.18 Å². The fraction of sp³-hybridized carbons (Fsp3) is 0.0952. The van der Waals surface area contributed by atoms with Gasteiger partial charge >= 0.3 is 17.4 Å². The van der Waals surface area contributed by atoms with Crippen molar-refractivity contribution in [1.82, 2.24) is 0 Å². The van der Waals surface area contributed by atoms with E-state index in [4.69, 9.17) is 21.1 Å². The summed E-state index contributed by atoms with van der Waals surface area (Å²) in [5, 5.41) is 6.38. The van der Waals surface area contributed by atoms with Gasteiger partial charge in [0.15, 0.2) is 5.11 Å². The lowest BCUT2D eigenvalue weighted by atomic mass is 10.1.